The predicted octanol–water partition coefficient (Wildman–Crippen LogP) is 2.69. The number of morpholine rings is 1. The van der Waals surface area contributed by atoms with E-state index in [1.165, 1.54) is 4.57 Å². The van der Waals surface area contributed by atoms with Gasteiger partial charge in [0.25, 0.3) is 6.43 Å². The van der Waals surface area contributed by atoms with Gasteiger partial charge in [-0.3, -0.25) is 9.36 Å². The predicted molar refractivity (Wildman–Crippen MR) is 132 cm³/mol. The summed E-state index contributed by atoms with van der Waals surface area (Å²) < 4.78 is 40.2. The van der Waals surface area contributed by atoms with Crippen LogP contribution < -0.4 is 15.5 Å². The lowest BCUT2D eigenvalue weighted by molar-refractivity contribution is -0.126. The number of imidazole rings is 1. The van der Waals surface area contributed by atoms with Crippen LogP contribution in [0.15, 0.2) is 30.3 Å². The number of nitrogens with zero attached hydrogens (tertiary/aromatic N) is 5. The minimum absolute atomic E-state index is 0.0476. The van der Waals surface area contributed by atoms with Gasteiger partial charge in [-0.25, -0.2) is 13.8 Å². The lowest BCUT2D eigenvalue weighted by Gasteiger charge is -2.37. The highest BCUT2D eigenvalue weighted by Crippen LogP contribution is 2.30. The topological polar surface area (TPSA) is 106 Å². The van der Waals surface area contributed by atoms with E-state index in [0.29, 0.717) is 68.1 Å². The van der Waals surface area contributed by atoms with E-state index in [4.69, 9.17) is 14.5 Å². The molecule has 2 aromatic heterocycles. The van der Waals surface area contributed by atoms with Crippen molar-refractivity contribution < 1.29 is 23.0 Å². The van der Waals surface area contributed by atoms with E-state index >= 15 is 0 Å². The Morgan fingerprint density at radius 1 is 1.03 bits per heavy atom. The average Bonchev–Trinajstić information content (AvgIpc) is 3.56. The third kappa shape index (κ3) is 4.95. The third-order valence-electron chi connectivity index (χ3n) is 7.14. The molecule has 2 saturated heterocycles. The number of alkyl halides is 2. The molecule has 1 aromatic carbocycles. The quantitative estimate of drug-likeness (QED) is 0.497. The lowest BCUT2D eigenvalue weighted by Crippen LogP contribution is -2.51. The zero-order valence-electron chi connectivity index (χ0n) is 20.3. The number of carbonyl (C=O) groups excluding carboxylic acids is 1. The molecule has 2 aliphatic heterocycles. The molecule has 0 bridgehead atoms. The highest BCUT2D eigenvalue weighted by molar-refractivity contribution is 5.79. The Balaban J connectivity index is 1.26. The Labute approximate surface area is 212 Å². The van der Waals surface area contributed by atoms with Gasteiger partial charge in [0.2, 0.25) is 11.9 Å². The molecule has 4 heterocycles. The number of hydrogen-bond donors (Lipinski definition) is 2. The van der Waals surface area contributed by atoms with Crippen molar-refractivity contribution in [1.29, 1.82) is 0 Å². The molecule has 37 heavy (non-hydrogen) atoms. The summed E-state index contributed by atoms with van der Waals surface area (Å²) in [5.41, 5.74) is 1.03. The van der Waals surface area contributed by atoms with E-state index < -0.39 is 6.43 Å². The van der Waals surface area contributed by atoms with Crippen LogP contribution in [0.4, 0.5) is 20.5 Å². The van der Waals surface area contributed by atoms with Crippen molar-refractivity contribution in [3.8, 4) is 5.82 Å². The summed E-state index contributed by atoms with van der Waals surface area (Å²) in [6.45, 7) is 3.42. The fourth-order valence-electron chi connectivity index (χ4n) is 5.07. The Morgan fingerprint density at radius 2 is 1.84 bits per heavy atom. The number of anilines is 2. The van der Waals surface area contributed by atoms with Crippen LogP contribution in [-0.2, 0) is 14.3 Å². The Bertz CT molecular complexity index is 1270. The third-order valence-corrected chi connectivity index (χ3v) is 7.14. The lowest BCUT2D eigenvalue weighted by atomic mass is 9.86. The minimum atomic E-state index is -2.77. The monoisotopic (exact) mass is 513 g/mol. The van der Waals surface area contributed by atoms with Crippen LogP contribution in [0.2, 0.25) is 0 Å². The number of hydrogen-bond acceptors (Lipinski definition) is 8. The average molecular weight is 514 g/mol. The van der Waals surface area contributed by atoms with Gasteiger partial charge in [-0.1, -0.05) is 12.1 Å². The van der Waals surface area contributed by atoms with Gasteiger partial charge >= 0.3 is 0 Å². The second kappa shape index (κ2) is 10.2. The van der Waals surface area contributed by atoms with Gasteiger partial charge in [0.1, 0.15) is 11.6 Å². The van der Waals surface area contributed by atoms with E-state index in [-0.39, 0.29) is 29.7 Å². The molecule has 196 valence electrons. The van der Waals surface area contributed by atoms with E-state index in [0.717, 1.165) is 19.3 Å². The first-order chi connectivity index (χ1) is 18.0. The SMILES string of the molecule is O=C(N[C@H]1C[C@H](Nc2cc(-n3c(C(F)F)nc4ccccc43)nc(N3CCOCC3)n2)C1)C1CCOC1. The number of rotatable bonds is 7. The first-order valence-electron chi connectivity index (χ1n) is 12.7. The zero-order valence-corrected chi connectivity index (χ0v) is 20.3. The van der Waals surface area contributed by atoms with Crippen molar-refractivity contribution in [1.82, 2.24) is 24.8 Å². The van der Waals surface area contributed by atoms with Crippen molar-refractivity contribution in [3.63, 3.8) is 0 Å². The van der Waals surface area contributed by atoms with E-state index in [1.54, 1.807) is 30.3 Å². The van der Waals surface area contributed by atoms with Gasteiger partial charge < -0.3 is 25.0 Å². The molecule has 1 amide bonds. The number of amides is 1. The molecule has 1 unspecified atom stereocenters. The maximum Gasteiger partial charge on any atom is 0.296 e. The number of carbonyl (C=O) groups is 1. The van der Waals surface area contributed by atoms with Crippen molar-refractivity contribution in [2.45, 2.75) is 37.8 Å². The maximum absolute atomic E-state index is 14.0. The molecular weight excluding hydrogens is 484 g/mol. The molecule has 12 heteroatoms. The van der Waals surface area contributed by atoms with Crippen LogP contribution in [0.25, 0.3) is 16.9 Å². The van der Waals surface area contributed by atoms with Crippen LogP contribution in [0.1, 0.15) is 31.5 Å². The largest absolute Gasteiger partial charge is 0.381 e. The molecular formula is C25H29F2N7O3. The van der Waals surface area contributed by atoms with Gasteiger partial charge in [0.15, 0.2) is 5.82 Å². The number of halogens is 2. The summed E-state index contributed by atoms with van der Waals surface area (Å²) in [5.74, 6) is 0.942. The standard InChI is InChI=1S/C25H29F2N7O3/c26-22(27)23-30-18-3-1-2-4-19(18)34(23)21-13-20(31-25(32-21)33-6-9-36-10-7-33)28-16-11-17(12-16)29-24(35)15-5-8-37-14-15/h1-4,13,15-17,22H,5-12,14H2,(H,29,35)(H,28,31,32)/t15?,16-,17-. The van der Waals surface area contributed by atoms with E-state index in [1.807, 2.05) is 4.90 Å². The Hall–Kier alpha value is -3.38. The van der Waals surface area contributed by atoms with Crippen molar-refractivity contribution in [2.24, 2.45) is 5.92 Å². The number of ether oxygens (including phenoxy) is 2. The van der Waals surface area contributed by atoms with Crippen LogP contribution in [0.5, 0.6) is 0 Å². The molecule has 1 aliphatic carbocycles. The molecule has 3 aromatic rings. The zero-order chi connectivity index (χ0) is 25.4. The highest BCUT2D eigenvalue weighted by atomic mass is 19.3. The summed E-state index contributed by atoms with van der Waals surface area (Å²) in [5, 5.41) is 6.52. The minimum Gasteiger partial charge on any atom is -0.381 e. The van der Waals surface area contributed by atoms with Crippen LogP contribution >= 0.6 is 0 Å². The molecule has 0 spiro atoms. The van der Waals surface area contributed by atoms with Gasteiger partial charge in [-0.05, 0) is 31.4 Å². The summed E-state index contributed by atoms with van der Waals surface area (Å²) in [7, 11) is 0. The number of benzene rings is 1. The van der Waals surface area contributed by atoms with Gasteiger partial charge in [0.05, 0.1) is 36.8 Å². The first-order valence-corrected chi connectivity index (χ1v) is 12.7. The number of para-hydroxylation sites is 2. The Kier molecular flexibility index (Phi) is 6.59. The normalized spacial score (nSPS) is 23.9. The summed E-state index contributed by atoms with van der Waals surface area (Å²) in [6.07, 6.45) is -0.506. The number of aromatic nitrogens is 4. The molecule has 10 nitrogen and oxygen atoms in total. The molecule has 2 N–H and O–H groups in total. The van der Waals surface area contributed by atoms with Crippen molar-refractivity contribution >= 4 is 28.7 Å². The summed E-state index contributed by atoms with van der Waals surface area (Å²) >= 11 is 0. The number of fused-ring (bicyclic) bond motifs is 1. The molecule has 1 atom stereocenters. The second-order valence-electron chi connectivity index (χ2n) is 9.68. The summed E-state index contributed by atoms with van der Waals surface area (Å²) in [4.78, 5) is 27.9. The summed E-state index contributed by atoms with van der Waals surface area (Å²) in [6, 6.07) is 8.90. The highest BCUT2D eigenvalue weighted by Gasteiger charge is 2.34. The van der Waals surface area contributed by atoms with Crippen LogP contribution in [0, 0.1) is 5.92 Å². The van der Waals surface area contributed by atoms with Gasteiger partial charge in [0, 0.05) is 37.8 Å². The van der Waals surface area contributed by atoms with E-state index in [2.05, 4.69) is 20.6 Å². The molecule has 3 aliphatic rings. The number of nitrogens with one attached hydrogen (secondary N) is 2. The maximum atomic E-state index is 14.0. The Morgan fingerprint density at radius 3 is 2.59 bits per heavy atom. The molecule has 0 radical (unpaired) electrons. The molecule has 6 rings (SSSR count). The van der Waals surface area contributed by atoms with Crippen molar-refractivity contribution in [3.05, 3.63) is 36.2 Å². The molecule has 3 fully saturated rings. The van der Waals surface area contributed by atoms with Crippen LogP contribution in [-0.4, -0.2) is 77.0 Å². The van der Waals surface area contributed by atoms with Crippen molar-refractivity contribution in [2.75, 3.05) is 49.7 Å². The fraction of sp³-hybridized carbons (Fsp3) is 0.520. The van der Waals surface area contributed by atoms with E-state index in [9.17, 15) is 13.6 Å². The fourth-order valence-corrected chi connectivity index (χ4v) is 5.07. The second-order valence-corrected chi connectivity index (χ2v) is 9.68. The smallest absolute Gasteiger partial charge is 0.296 e. The van der Waals surface area contributed by atoms with Gasteiger partial charge in [-0.15, -0.1) is 0 Å². The van der Waals surface area contributed by atoms with Crippen LogP contribution in [0.3, 0.4) is 0 Å². The molecule has 1 saturated carbocycles. The first kappa shape index (κ1) is 24.0. The van der Waals surface area contributed by atoms with Gasteiger partial charge in [-0.2, -0.15) is 9.97 Å².